The molecule has 0 atom stereocenters. The zero-order valence-electron chi connectivity index (χ0n) is 17.9. The number of hydrogen-bond acceptors (Lipinski definition) is 8. The number of aromatic nitrogens is 3. The Morgan fingerprint density at radius 1 is 1.09 bits per heavy atom. The Labute approximate surface area is 193 Å². The number of carbonyl (C=O) groups excluding carboxylic acids is 3. The van der Waals surface area contributed by atoms with Gasteiger partial charge in [0.05, 0.1) is 18.0 Å². The number of amides is 1. The lowest BCUT2D eigenvalue weighted by molar-refractivity contribution is -0.119. The van der Waals surface area contributed by atoms with Crippen LogP contribution in [0.4, 0.5) is 5.69 Å². The van der Waals surface area contributed by atoms with Crippen molar-refractivity contribution in [1.29, 1.82) is 0 Å². The molecular formula is C23H20N4O5S. The van der Waals surface area contributed by atoms with Crippen molar-refractivity contribution in [3.05, 3.63) is 71.0 Å². The Morgan fingerprint density at radius 3 is 2.64 bits per heavy atom. The number of ether oxygens (including phenoxy) is 2. The highest BCUT2D eigenvalue weighted by atomic mass is 32.1. The van der Waals surface area contributed by atoms with Crippen molar-refractivity contribution < 1.29 is 23.9 Å². The minimum Gasteiger partial charge on any atom is -0.462 e. The maximum atomic E-state index is 12.6. The van der Waals surface area contributed by atoms with Crippen LogP contribution in [0.1, 0.15) is 32.6 Å². The van der Waals surface area contributed by atoms with Crippen LogP contribution in [0.5, 0.6) is 0 Å². The van der Waals surface area contributed by atoms with Crippen LogP contribution < -0.4 is 5.32 Å². The van der Waals surface area contributed by atoms with Gasteiger partial charge in [0.1, 0.15) is 10.4 Å². The van der Waals surface area contributed by atoms with E-state index in [0.29, 0.717) is 17.0 Å². The molecule has 0 aliphatic heterocycles. The topological polar surface area (TPSA) is 112 Å². The molecule has 0 radical (unpaired) electrons. The first-order chi connectivity index (χ1) is 16.0. The Kier molecular flexibility index (Phi) is 6.45. The largest absolute Gasteiger partial charge is 0.462 e. The summed E-state index contributed by atoms with van der Waals surface area (Å²) in [5, 5.41) is 6.86. The van der Waals surface area contributed by atoms with E-state index in [4.69, 9.17) is 9.47 Å². The summed E-state index contributed by atoms with van der Waals surface area (Å²) in [5.41, 5.74) is 2.17. The highest BCUT2D eigenvalue weighted by Gasteiger charge is 2.23. The van der Waals surface area contributed by atoms with Crippen molar-refractivity contribution in [2.75, 3.05) is 18.5 Å². The van der Waals surface area contributed by atoms with Crippen LogP contribution in [-0.4, -0.2) is 45.7 Å². The second-order valence-corrected chi connectivity index (χ2v) is 7.96. The lowest BCUT2D eigenvalue weighted by Gasteiger charge is -2.07. The van der Waals surface area contributed by atoms with Gasteiger partial charge in [-0.05, 0) is 31.5 Å². The molecule has 4 rings (SSSR count). The van der Waals surface area contributed by atoms with Gasteiger partial charge < -0.3 is 14.8 Å². The summed E-state index contributed by atoms with van der Waals surface area (Å²) in [6.07, 6.45) is 3.20. The molecule has 1 aromatic carbocycles. The molecule has 0 aliphatic rings. The van der Waals surface area contributed by atoms with Gasteiger partial charge in [0.2, 0.25) is 0 Å². The number of benzene rings is 1. The molecule has 0 spiro atoms. The van der Waals surface area contributed by atoms with Gasteiger partial charge in [0.25, 0.3) is 5.91 Å². The van der Waals surface area contributed by atoms with E-state index in [0.717, 1.165) is 10.4 Å². The summed E-state index contributed by atoms with van der Waals surface area (Å²) in [6.45, 7) is 3.03. The molecule has 0 saturated heterocycles. The molecule has 10 heteroatoms. The normalized spacial score (nSPS) is 10.7. The predicted octanol–water partition coefficient (Wildman–Crippen LogP) is 3.74. The van der Waals surface area contributed by atoms with E-state index in [2.05, 4.69) is 15.4 Å². The van der Waals surface area contributed by atoms with E-state index >= 15 is 0 Å². The van der Waals surface area contributed by atoms with Crippen molar-refractivity contribution in [3.63, 3.8) is 0 Å². The lowest BCUT2D eigenvalue weighted by atomic mass is 10.2. The highest BCUT2D eigenvalue weighted by molar-refractivity contribution is 7.18. The van der Waals surface area contributed by atoms with Gasteiger partial charge >= 0.3 is 11.9 Å². The van der Waals surface area contributed by atoms with E-state index < -0.39 is 24.5 Å². The van der Waals surface area contributed by atoms with Gasteiger partial charge in [0.15, 0.2) is 12.3 Å². The first-order valence-electron chi connectivity index (χ1n) is 10.1. The third-order valence-electron chi connectivity index (χ3n) is 4.63. The molecule has 33 heavy (non-hydrogen) atoms. The zero-order valence-corrected chi connectivity index (χ0v) is 18.7. The average molecular weight is 465 g/mol. The number of hydrogen-bond donors (Lipinski definition) is 1. The van der Waals surface area contributed by atoms with Gasteiger partial charge in [-0.15, -0.1) is 11.3 Å². The molecule has 4 aromatic rings. The first kappa shape index (κ1) is 22.2. The summed E-state index contributed by atoms with van der Waals surface area (Å²) >= 11 is 1.21. The summed E-state index contributed by atoms with van der Waals surface area (Å²) in [6, 6.07) is 12.9. The molecule has 0 fully saturated rings. The number of nitrogens with one attached hydrogen (secondary N) is 1. The number of fused-ring (bicyclic) bond motifs is 1. The standard InChI is InChI=1S/C23H20N4O5S/c1-3-31-23(30)20-16(12-17(33-20)15-8-5-4-6-9-15)25-18(28)13-32-22(29)19-14(2)26-27-11-7-10-24-21(19)27/h4-12H,3,13H2,1-2H3,(H,25,28). The Balaban J connectivity index is 1.49. The van der Waals surface area contributed by atoms with Crippen LogP contribution in [0.25, 0.3) is 16.1 Å². The molecule has 3 heterocycles. The molecule has 0 bridgehead atoms. The first-order valence-corrected chi connectivity index (χ1v) is 10.9. The molecule has 1 N–H and O–H groups in total. The maximum Gasteiger partial charge on any atom is 0.350 e. The summed E-state index contributed by atoms with van der Waals surface area (Å²) in [4.78, 5) is 42.7. The Hall–Kier alpha value is -4.05. The van der Waals surface area contributed by atoms with Gasteiger partial charge in [-0.25, -0.2) is 19.1 Å². The summed E-state index contributed by atoms with van der Waals surface area (Å²) < 4.78 is 11.8. The quantitative estimate of drug-likeness (QED) is 0.415. The average Bonchev–Trinajstić information content (AvgIpc) is 3.38. The van der Waals surface area contributed by atoms with Crippen molar-refractivity contribution in [2.45, 2.75) is 13.8 Å². The van der Waals surface area contributed by atoms with Crippen LogP contribution in [-0.2, 0) is 14.3 Å². The van der Waals surface area contributed by atoms with Crippen molar-refractivity contribution in [1.82, 2.24) is 14.6 Å². The smallest absolute Gasteiger partial charge is 0.350 e. The minimum atomic E-state index is -0.711. The van der Waals surface area contributed by atoms with Gasteiger partial charge in [-0.1, -0.05) is 30.3 Å². The van der Waals surface area contributed by atoms with Crippen LogP contribution in [0.2, 0.25) is 0 Å². The zero-order chi connectivity index (χ0) is 23.4. The highest BCUT2D eigenvalue weighted by Crippen LogP contribution is 2.35. The fraction of sp³-hybridized carbons (Fsp3) is 0.174. The van der Waals surface area contributed by atoms with Crippen molar-refractivity contribution in [2.24, 2.45) is 0 Å². The molecule has 0 unspecified atom stereocenters. The summed E-state index contributed by atoms with van der Waals surface area (Å²) in [7, 11) is 0. The number of nitrogens with zero attached hydrogens (tertiary/aromatic N) is 3. The molecule has 0 saturated carbocycles. The molecule has 3 aromatic heterocycles. The minimum absolute atomic E-state index is 0.192. The van der Waals surface area contributed by atoms with Gasteiger partial charge in [-0.2, -0.15) is 5.10 Å². The molecule has 9 nitrogen and oxygen atoms in total. The second-order valence-electron chi connectivity index (χ2n) is 6.91. The van der Waals surface area contributed by atoms with E-state index in [9.17, 15) is 14.4 Å². The summed E-state index contributed by atoms with van der Waals surface area (Å²) in [5.74, 6) is -1.84. The van der Waals surface area contributed by atoms with Gasteiger partial charge in [-0.3, -0.25) is 4.79 Å². The number of esters is 2. The fourth-order valence-corrected chi connectivity index (χ4v) is 4.21. The monoisotopic (exact) mass is 464 g/mol. The molecular weight excluding hydrogens is 444 g/mol. The Morgan fingerprint density at radius 2 is 1.88 bits per heavy atom. The SMILES string of the molecule is CCOC(=O)c1sc(-c2ccccc2)cc1NC(=O)COC(=O)c1c(C)nn2cccnc12. The van der Waals surface area contributed by atoms with Crippen molar-refractivity contribution in [3.8, 4) is 10.4 Å². The van der Waals surface area contributed by atoms with E-state index in [1.807, 2.05) is 30.3 Å². The van der Waals surface area contributed by atoms with E-state index in [1.54, 1.807) is 32.2 Å². The predicted molar refractivity (Wildman–Crippen MR) is 122 cm³/mol. The van der Waals surface area contributed by atoms with Crippen molar-refractivity contribution >= 4 is 40.5 Å². The third-order valence-corrected chi connectivity index (χ3v) is 5.80. The number of carbonyl (C=O) groups is 3. The molecule has 1 amide bonds. The third kappa shape index (κ3) is 4.75. The number of rotatable bonds is 7. The van der Waals surface area contributed by atoms with E-state index in [-0.39, 0.29) is 17.0 Å². The second kappa shape index (κ2) is 9.61. The van der Waals surface area contributed by atoms with Crippen LogP contribution >= 0.6 is 11.3 Å². The molecule has 168 valence electrons. The number of aryl methyl sites for hydroxylation is 1. The lowest BCUT2D eigenvalue weighted by Crippen LogP contribution is -2.22. The maximum absolute atomic E-state index is 12.6. The van der Waals surface area contributed by atoms with Crippen LogP contribution in [0.15, 0.2) is 54.9 Å². The van der Waals surface area contributed by atoms with Crippen LogP contribution in [0, 0.1) is 6.92 Å². The fourth-order valence-electron chi connectivity index (χ4n) is 3.20. The number of thiophene rings is 1. The van der Waals surface area contributed by atoms with Crippen LogP contribution in [0.3, 0.4) is 0 Å². The number of anilines is 1. The molecule has 0 aliphatic carbocycles. The van der Waals surface area contributed by atoms with Gasteiger partial charge in [0, 0.05) is 17.3 Å². The Bertz CT molecular complexity index is 1330. The van der Waals surface area contributed by atoms with E-state index in [1.165, 1.54) is 22.0 Å².